The summed E-state index contributed by atoms with van der Waals surface area (Å²) in [7, 11) is 0. The molecule has 2 heteroatoms. The fraction of sp³-hybridized carbons (Fsp3) is 1.00. The van der Waals surface area contributed by atoms with Crippen LogP contribution in [0.1, 0.15) is 44.9 Å². The highest BCUT2D eigenvalue weighted by Crippen LogP contribution is 2.31. The Morgan fingerprint density at radius 3 is 2.43 bits per heavy atom. The van der Waals surface area contributed by atoms with Gasteiger partial charge >= 0.3 is 0 Å². The summed E-state index contributed by atoms with van der Waals surface area (Å²) in [6.45, 7) is 1.96. The summed E-state index contributed by atoms with van der Waals surface area (Å²) in [4.78, 5) is 0. The van der Waals surface area contributed by atoms with E-state index in [-0.39, 0.29) is 0 Å². The zero-order valence-electron chi connectivity index (χ0n) is 9.08. The fourth-order valence-corrected chi connectivity index (χ4v) is 2.94. The molecule has 2 aliphatic rings. The van der Waals surface area contributed by atoms with Crippen molar-refractivity contribution in [2.75, 3.05) is 13.2 Å². The first-order chi connectivity index (χ1) is 6.86. The maximum atomic E-state index is 6.16. The van der Waals surface area contributed by atoms with Gasteiger partial charge in [-0.15, -0.1) is 0 Å². The van der Waals surface area contributed by atoms with Crippen molar-refractivity contribution in [3.8, 4) is 0 Å². The quantitative estimate of drug-likeness (QED) is 0.737. The van der Waals surface area contributed by atoms with E-state index in [0.717, 1.165) is 25.0 Å². The predicted octanol–water partition coefficient (Wildman–Crippen LogP) is 2.32. The summed E-state index contributed by atoms with van der Waals surface area (Å²) < 4.78 is 5.38. The first-order valence-electron chi connectivity index (χ1n) is 6.19. The topological polar surface area (TPSA) is 35.2 Å². The minimum atomic E-state index is 0.492. The van der Waals surface area contributed by atoms with Crippen molar-refractivity contribution in [1.29, 1.82) is 0 Å². The van der Waals surface area contributed by atoms with Crippen molar-refractivity contribution >= 4 is 0 Å². The molecular weight excluding hydrogens is 174 g/mol. The highest BCUT2D eigenvalue weighted by atomic mass is 16.5. The molecular formula is C12H23NO. The van der Waals surface area contributed by atoms with Crippen molar-refractivity contribution in [3.63, 3.8) is 0 Å². The lowest BCUT2D eigenvalue weighted by Gasteiger charge is -2.33. The molecule has 0 aromatic carbocycles. The minimum Gasteiger partial charge on any atom is -0.381 e. The second kappa shape index (κ2) is 5.13. The summed E-state index contributed by atoms with van der Waals surface area (Å²) in [6.07, 6.45) is 9.29. The predicted molar refractivity (Wildman–Crippen MR) is 58.1 cm³/mol. The molecule has 1 saturated heterocycles. The molecule has 2 fully saturated rings. The van der Waals surface area contributed by atoms with Gasteiger partial charge < -0.3 is 10.5 Å². The van der Waals surface area contributed by atoms with Crippen molar-refractivity contribution in [3.05, 3.63) is 0 Å². The van der Waals surface area contributed by atoms with Gasteiger partial charge in [0, 0.05) is 19.3 Å². The van der Waals surface area contributed by atoms with Crippen molar-refractivity contribution in [2.24, 2.45) is 17.6 Å². The first kappa shape index (κ1) is 10.4. The van der Waals surface area contributed by atoms with E-state index in [1.165, 1.54) is 44.9 Å². The number of rotatable bonds is 2. The monoisotopic (exact) mass is 197 g/mol. The maximum absolute atomic E-state index is 6.16. The largest absolute Gasteiger partial charge is 0.381 e. The van der Waals surface area contributed by atoms with E-state index >= 15 is 0 Å². The van der Waals surface area contributed by atoms with E-state index in [4.69, 9.17) is 10.5 Å². The minimum absolute atomic E-state index is 0.492. The standard InChI is InChI=1S/C12H23NO/c13-12-4-2-1-3-11(12)9-10-5-7-14-8-6-10/h10-12H,1-9,13H2. The third kappa shape index (κ3) is 2.71. The summed E-state index contributed by atoms with van der Waals surface area (Å²) >= 11 is 0. The second-order valence-corrected chi connectivity index (χ2v) is 5.00. The van der Waals surface area contributed by atoms with Crippen molar-refractivity contribution in [1.82, 2.24) is 0 Å². The second-order valence-electron chi connectivity index (χ2n) is 5.00. The molecule has 2 N–H and O–H groups in total. The Morgan fingerprint density at radius 2 is 1.71 bits per heavy atom. The Balaban J connectivity index is 1.76. The highest BCUT2D eigenvalue weighted by molar-refractivity contribution is 4.80. The molecule has 2 rings (SSSR count). The fourth-order valence-electron chi connectivity index (χ4n) is 2.94. The molecule has 82 valence electrons. The van der Waals surface area contributed by atoms with Gasteiger partial charge in [-0.3, -0.25) is 0 Å². The molecule has 0 aromatic heterocycles. The lowest BCUT2D eigenvalue weighted by Crippen LogP contribution is -2.35. The molecule has 0 amide bonds. The molecule has 1 aliphatic heterocycles. The SMILES string of the molecule is NC1CCCCC1CC1CCOCC1. The number of nitrogens with two attached hydrogens (primary N) is 1. The van der Waals surface area contributed by atoms with Gasteiger partial charge in [0.25, 0.3) is 0 Å². The van der Waals surface area contributed by atoms with Crippen LogP contribution >= 0.6 is 0 Å². The number of hydrogen-bond donors (Lipinski definition) is 1. The molecule has 14 heavy (non-hydrogen) atoms. The smallest absolute Gasteiger partial charge is 0.0468 e. The molecule has 0 spiro atoms. The van der Waals surface area contributed by atoms with Gasteiger partial charge in [-0.1, -0.05) is 12.8 Å². The summed E-state index contributed by atoms with van der Waals surface area (Å²) in [5.74, 6) is 1.71. The Labute approximate surface area is 87.2 Å². The third-order valence-electron chi connectivity index (χ3n) is 3.94. The van der Waals surface area contributed by atoms with Crippen LogP contribution in [0, 0.1) is 11.8 Å². The number of hydrogen-bond acceptors (Lipinski definition) is 2. The van der Waals surface area contributed by atoms with E-state index in [2.05, 4.69) is 0 Å². The molecule has 0 radical (unpaired) electrons. The van der Waals surface area contributed by atoms with Gasteiger partial charge in [0.2, 0.25) is 0 Å². The van der Waals surface area contributed by atoms with E-state index in [0.29, 0.717) is 6.04 Å². The summed E-state index contributed by atoms with van der Waals surface area (Å²) in [5, 5.41) is 0. The van der Waals surface area contributed by atoms with Crippen LogP contribution in [-0.4, -0.2) is 19.3 Å². The lowest BCUT2D eigenvalue weighted by atomic mass is 9.78. The average molecular weight is 197 g/mol. The molecule has 0 bridgehead atoms. The molecule has 1 saturated carbocycles. The van der Waals surface area contributed by atoms with Crippen LogP contribution in [0.3, 0.4) is 0 Å². The number of ether oxygens (including phenoxy) is 1. The van der Waals surface area contributed by atoms with Crippen molar-refractivity contribution < 1.29 is 4.74 Å². The average Bonchev–Trinajstić information content (AvgIpc) is 2.23. The molecule has 1 aliphatic carbocycles. The van der Waals surface area contributed by atoms with Gasteiger partial charge in [-0.2, -0.15) is 0 Å². The van der Waals surface area contributed by atoms with E-state index in [9.17, 15) is 0 Å². The van der Waals surface area contributed by atoms with Gasteiger partial charge in [0.1, 0.15) is 0 Å². The highest BCUT2D eigenvalue weighted by Gasteiger charge is 2.25. The zero-order chi connectivity index (χ0) is 9.80. The van der Waals surface area contributed by atoms with Crippen LogP contribution in [0.2, 0.25) is 0 Å². The van der Waals surface area contributed by atoms with Crippen molar-refractivity contribution in [2.45, 2.75) is 51.0 Å². The van der Waals surface area contributed by atoms with Crippen LogP contribution in [-0.2, 0) is 4.74 Å². The van der Waals surface area contributed by atoms with Crippen LogP contribution in [0.5, 0.6) is 0 Å². The van der Waals surface area contributed by atoms with Gasteiger partial charge in [-0.25, -0.2) is 0 Å². The first-order valence-corrected chi connectivity index (χ1v) is 6.19. The molecule has 2 atom stereocenters. The van der Waals surface area contributed by atoms with Crippen LogP contribution in [0.4, 0.5) is 0 Å². The molecule has 0 aromatic rings. The third-order valence-corrected chi connectivity index (χ3v) is 3.94. The Hall–Kier alpha value is -0.0800. The van der Waals surface area contributed by atoms with Gasteiger partial charge in [-0.05, 0) is 43.9 Å². The molecule has 1 heterocycles. The summed E-state index contributed by atoms with van der Waals surface area (Å²) in [5.41, 5.74) is 6.16. The molecule has 2 nitrogen and oxygen atoms in total. The maximum Gasteiger partial charge on any atom is 0.0468 e. The molecule has 2 unspecified atom stereocenters. The van der Waals surface area contributed by atoms with E-state index < -0.39 is 0 Å². The Kier molecular flexibility index (Phi) is 3.82. The van der Waals surface area contributed by atoms with Crippen LogP contribution < -0.4 is 5.73 Å². The van der Waals surface area contributed by atoms with Gasteiger partial charge in [0.05, 0.1) is 0 Å². The van der Waals surface area contributed by atoms with Crippen LogP contribution in [0.25, 0.3) is 0 Å². The zero-order valence-corrected chi connectivity index (χ0v) is 9.08. The Morgan fingerprint density at radius 1 is 1.00 bits per heavy atom. The Bertz CT molecular complexity index is 166. The lowest BCUT2D eigenvalue weighted by molar-refractivity contribution is 0.0547. The van der Waals surface area contributed by atoms with E-state index in [1.807, 2.05) is 0 Å². The summed E-state index contributed by atoms with van der Waals surface area (Å²) in [6, 6.07) is 0.492. The van der Waals surface area contributed by atoms with Gasteiger partial charge in [0.15, 0.2) is 0 Å². The van der Waals surface area contributed by atoms with E-state index in [1.54, 1.807) is 0 Å². The normalized spacial score (nSPS) is 35.8. The van der Waals surface area contributed by atoms with Crippen LogP contribution in [0.15, 0.2) is 0 Å².